The van der Waals surface area contributed by atoms with Gasteiger partial charge in [-0.05, 0) is 18.1 Å². The second-order valence-corrected chi connectivity index (χ2v) is 10.6. The second kappa shape index (κ2) is 11.7. The number of halogens is 3. The number of ether oxygens (including phenoxy) is 1. The van der Waals surface area contributed by atoms with Crippen LogP contribution in [0.3, 0.4) is 0 Å². The van der Waals surface area contributed by atoms with Crippen LogP contribution in [0.25, 0.3) is 0 Å². The first-order chi connectivity index (χ1) is 17.5. The van der Waals surface area contributed by atoms with Gasteiger partial charge in [-0.1, -0.05) is 13.8 Å². The molecule has 1 aromatic heterocycles. The van der Waals surface area contributed by atoms with Gasteiger partial charge in [-0.25, -0.2) is 23.2 Å². The fourth-order valence-electron chi connectivity index (χ4n) is 3.58. The number of benzene rings is 1. The number of carbonyl (C=O) groups is 2. The summed E-state index contributed by atoms with van der Waals surface area (Å²) in [6, 6.07) is 1.46. The zero-order valence-corrected chi connectivity index (χ0v) is 21.9. The summed E-state index contributed by atoms with van der Waals surface area (Å²) in [5.41, 5.74) is -2.56. The van der Waals surface area contributed by atoms with Crippen LogP contribution >= 0.6 is 0 Å². The minimum absolute atomic E-state index is 0.141. The Morgan fingerprint density at radius 3 is 2.37 bits per heavy atom. The van der Waals surface area contributed by atoms with E-state index in [9.17, 15) is 41.3 Å². The van der Waals surface area contributed by atoms with E-state index >= 15 is 0 Å². The van der Waals surface area contributed by atoms with Crippen LogP contribution in [0.5, 0.6) is 0 Å². The Bertz CT molecular complexity index is 1320. The van der Waals surface area contributed by atoms with Crippen molar-refractivity contribution >= 4 is 39.4 Å². The number of likely N-dealkylation sites (N-methyl/N-ethyl adjacent to an activating group) is 1. The molecule has 0 aliphatic carbocycles. The number of sulfone groups is 1. The standard InChI is InChI=1S/C22H26F3N5O7S/c1-13(2)17(12-31)29(21-26-7-6-19(27-21)22(23,24)25)9-8-28(3)15-11-18(38(5,35)36)14(20(32)37-4)10-16(15)30(33)34/h6-7,10-13,17H,8-9H2,1-5H3. The SMILES string of the molecule is COC(=O)c1cc([N+](=O)[O-])c(N(C)CCN(c2nccc(C(F)(F)F)n2)C(C=O)C(C)C)cc1S(C)(=O)=O. The van der Waals surface area contributed by atoms with Crippen molar-refractivity contribution in [1.29, 1.82) is 0 Å². The first kappa shape index (κ1) is 30.4. The van der Waals surface area contributed by atoms with E-state index in [2.05, 4.69) is 14.7 Å². The van der Waals surface area contributed by atoms with E-state index in [4.69, 9.17) is 0 Å². The molecule has 0 radical (unpaired) electrons. The summed E-state index contributed by atoms with van der Waals surface area (Å²) in [7, 11) is -1.68. The molecule has 38 heavy (non-hydrogen) atoms. The molecule has 0 spiro atoms. The number of carbonyl (C=O) groups excluding carboxylic acids is 2. The van der Waals surface area contributed by atoms with Gasteiger partial charge in [0.15, 0.2) is 9.84 Å². The number of aldehydes is 1. The molecule has 208 valence electrons. The number of rotatable bonds is 11. The molecule has 1 heterocycles. The van der Waals surface area contributed by atoms with Gasteiger partial charge in [-0.2, -0.15) is 13.2 Å². The van der Waals surface area contributed by atoms with E-state index in [0.29, 0.717) is 12.4 Å². The Balaban J connectivity index is 2.57. The van der Waals surface area contributed by atoms with Gasteiger partial charge in [0, 0.05) is 38.7 Å². The number of esters is 1. The molecular weight excluding hydrogens is 535 g/mol. The van der Waals surface area contributed by atoms with Gasteiger partial charge in [-0.3, -0.25) is 10.1 Å². The van der Waals surface area contributed by atoms with Crippen molar-refractivity contribution < 1.29 is 40.8 Å². The van der Waals surface area contributed by atoms with E-state index in [1.807, 2.05) is 0 Å². The fourth-order valence-corrected chi connectivity index (χ4v) is 4.45. The Hall–Kier alpha value is -3.82. The Morgan fingerprint density at radius 2 is 1.89 bits per heavy atom. The summed E-state index contributed by atoms with van der Waals surface area (Å²) in [5.74, 6) is -1.85. The zero-order chi connectivity index (χ0) is 29.0. The van der Waals surface area contributed by atoms with Crippen molar-refractivity contribution in [3.8, 4) is 0 Å². The molecule has 0 saturated heterocycles. The largest absolute Gasteiger partial charge is 0.465 e. The van der Waals surface area contributed by atoms with Crippen molar-refractivity contribution in [2.75, 3.05) is 43.3 Å². The number of alkyl halides is 3. The third-order valence-corrected chi connectivity index (χ3v) is 6.68. The van der Waals surface area contributed by atoms with Gasteiger partial charge in [0.2, 0.25) is 5.95 Å². The van der Waals surface area contributed by atoms with E-state index in [1.165, 1.54) is 16.8 Å². The van der Waals surface area contributed by atoms with Gasteiger partial charge in [-0.15, -0.1) is 0 Å². The maximum absolute atomic E-state index is 13.2. The van der Waals surface area contributed by atoms with Crippen LogP contribution in [0.1, 0.15) is 29.9 Å². The number of nitro groups is 1. The van der Waals surface area contributed by atoms with Crippen LogP contribution in [0.15, 0.2) is 29.3 Å². The lowest BCUT2D eigenvalue weighted by Gasteiger charge is -2.33. The molecule has 1 unspecified atom stereocenters. The van der Waals surface area contributed by atoms with E-state index in [0.717, 1.165) is 31.7 Å². The molecule has 1 atom stereocenters. The molecular formula is C22H26F3N5O7S. The number of hydrogen-bond donors (Lipinski definition) is 0. The highest BCUT2D eigenvalue weighted by molar-refractivity contribution is 7.90. The van der Waals surface area contributed by atoms with Gasteiger partial charge in [0.1, 0.15) is 17.7 Å². The minimum Gasteiger partial charge on any atom is -0.465 e. The molecule has 0 fully saturated rings. The molecule has 0 N–H and O–H groups in total. The quantitative estimate of drug-likeness (QED) is 0.172. The smallest absolute Gasteiger partial charge is 0.433 e. The highest BCUT2D eigenvalue weighted by atomic mass is 32.2. The van der Waals surface area contributed by atoms with Crippen LogP contribution < -0.4 is 9.80 Å². The molecule has 0 aliphatic rings. The predicted octanol–water partition coefficient (Wildman–Crippen LogP) is 2.76. The van der Waals surface area contributed by atoms with Crippen molar-refractivity contribution in [1.82, 2.24) is 9.97 Å². The summed E-state index contributed by atoms with van der Waals surface area (Å²) in [4.78, 5) is 44.4. The van der Waals surface area contributed by atoms with Crippen molar-refractivity contribution in [3.63, 3.8) is 0 Å². The summed E-state index contributed by atoms with van der Waals surface area (Å²) < 4.78 is 69.0. The topological polar surface area (TPSA) is 153 Å². The summed E-state index contributed by atoms with van der Waals surface area (Å²) >= 11 is 0. The van der Waals surface area contributed by atoms with Crippen LogP contribution in [0.2, 0.25) is 0 Å². The molecule has 12 nitrogen and oxygen atoms in total. The number of methoxy groups -OCH3 is 1. The average Bonchev–Trinajstić information content (AvgIpc) is 2.83. The Morgan fingerprint density at radius 1 is 1.26 bits per heavy atom. The molecule has 0 bridgehead atoms. The fraction of sp³-hybridized carbons (Fsp3) is 0.455. The van der Waals surface area contributed by atoms with Gasteiger partial charge in [0.05, 0.1) is 28.5 Å². The molecule has 16 heteroatoms. The molecule has 0 saturated carbocycles. The predicted molar refractivity (Wildman–Crippen MR) is 130 cm³/mol. The molecule has 0 aliphatic heterocycles. The van der Waals surface area contributed by atoms with Gasteiger partial charge in [0.25, 0.3) is 5.69 Å². The first-order valence-corrected chi connectivity index (χ1v) is 12.9. The normalized spacial score (nSPS) is 12.7. The Kier molecular flexibility index (Phi) is 9.37. The van der Waals surface area contributed by atoms with Crippen LogP contribution in [0.4, 0.5) is 30.5 Å². The maximum atomic E-state index is 13.2. The highest BCUT2D eigenvalue weighted by Gasteiger charge is 2.34. The zero-order valence-electron chi connectivity index (χ0n) is 21.1. The average molecular weight is 562 g/mol. The number of nitro benzene ring substituents is 1. The van der Waals surface area contributed by atoms with Gasteiger partial charge >= 0.3 is 12.1 Å². The number of anilines is 2. The number of hydrogen-bond acceptors (Lipinski definition) is 11. The summed E-state index contributed by atoms with van der Waals surface area (Å²) in [6.07, 6.45) is -2.52. The minimum atomic E-state index is -4.77. The van der Waals surface area contributed by atoms with Crippen molar-refractivity contribution in [2.45, 2.75) is 31.0 Å². The monoisotopic (exact) mass is 561 g/mol. The molecule has 1 aromatic carbocycles. The summed E-state index contributed by atoms with van der Waals surface area (Å²) in [6.45, 7) is 3.01. The third kappa shape index (κ3) is 6.93. The first-order valence-electron chi connectivity index (χ1n) is 11.0. The highest BCUT2D eigenvalue weighted by Crippen LogP contribution is 2.34. The third-order valence-electron chi connectivity index (χ3n) is 5.54. The molecule has 0 amide bonds. The Labute approximate surface area is 216 Å². The van der Waals surface area contributed by atoms with E-state index < -0.39 is 54.8 Å². The van der Waals surface area contributed by atoms with Crippen LogP contribution in [-0.2, 0) is 25.5 Å². The van der Waals surface area contributed by atoms with E-state index in [-0.39, 0.29) is 30.6 Å². The van der Waals surface area contributed by atoms with Crippen LogP contribution in [0, 0.1) is 16.0 Å². The van der Waals surface area contributed by atoms with E-state index in [1.54, 1.807) is 13.8 Å². The lowest BCUT2D eigenvalue weighted by molar-refractivity contribution is -0.384. The van der Waals surface area contributed by atoms with Crippen LogP contribution in [-0.4, -0.2) is 75.1 Å². The lowest BCUT2D eigenvalue weighted by Crippen LogP contribution is -2.45. The number of nitrogens with zero attached hydrogens (tertiary/aromatic N) is 5. The van der Waals surface area contributed by atoms with Crippen molar-refractivity contribution in [2.24, 2.45) is 5.92 Å². The summed E-state index contributed by atoms with van der Waals surface area (Å²) in [5, 5.41) is 11.8. The second-order valence-electron chi connectivity index (χ2n) is 8.58. The number of aromatic nitrogens is 2. The molecule has 2 aromatic rings. The maximum Gasteiger partial charge on any atom is 0.433 e. The van der Waals surface area contributed by atoms with Crippen molar-refractivity contribution in [3.05, 3.63) is 45.8 Å². The molecule has 2 rings (SSSR count). The van der Waals surface area contributed by atoms with Gasteiger partial charge < -0.3 is 19.3 Å². The lowest BCUT2D eigenvalue weighted by atomic mass is 10.0.